The Morgan fingerprint density at radius 1 is 1.08 bits per heavy atom. The van der Waals surface area contributed by atoms with Crippen LogP contribution in [0.15, 0.2) is 67.6 Å². The third-order valence-corrected chi connectivity index (χ3v) is 8.80. The molecule has 0 amide bonds. The molecule has 12 heteroatoms. The van der Waals surface area contributed by atoms with E-state index in [1.54, 1.807) is 39.2 Å². The van der Waals surface area contributed by atoms with Crippen molar-refractivity contribution in [3.05, 3.63) is 85.5 Å². The maximum absolute atomic E-state index is 14.7. The van der Waals surface area contributed by atoms with Gasteiger partial charge in [-0.2, -0.15) is 0 Å². The predicted octanol–water partition coefficient (Wildman–Crippen LogP) is 6.60. The van der Waals surface area contributed by atoms with Gasteiger partial charge in [-0.1, -0.05) is 29.4 Å². The Morgan fingerprint density at radius 3 is 2.32 bits per heavy atom. The summed E-state index contributed by atoms with van der Waals surface area (Å²) in [6.07, 6.45) is 3.01. The van der Waals surface area contributed by atoms with Crippen LogP contribution in [0.5, 0.6) is 0 Å². The number of aromatic nitrogens is 1. The van der Waals surface area contributed by atoms with Crippen LogP contribution >= 0.6 is 0 Å². The summed E-state index contributed by atoms with van der Waals surface area (Å²) in [7, 11) is -5.83. The van der Waals surface area contributed by atoms with Crippen molar-refractivity contribution in [2.45, 2.75) is 32.6 Å². The fraction of sp³-hybridized carbons (Fsp3) is 0.240. The standard InChI is InChI=1S/C25H24BF2N5O2S2/c1-13-22(30-15(3)24(13)36(5)34)21(23-14(2)25(37(6)35)16(4)33(23)26(27)28)20-12-18(31-32-29)11-17-9-7-8-10-19(17)20/h7-12H,1-6H3/b22-21-. The fourth-order valence-corrected chi connectivity index (χ4v) is 7.17. The summed E-state index contributed by atoms with van der Waals surface area (Å²) in [6, 6.07) is 10.7. The summed E-state index contributed by atoms with van der Waals surface area (Å²) in [6.45, 7) is 6.69. The molecule has 1 aliphatic rings. The minimum atomic E-state index is -2.93. The van der Waals surface area contributed by atoms with Crippen LogP contribution in [0, 0.1) is 13.8 Å². The molecule has 3 aromatic rings. The topological polar surface area (TPSA) is 100 Å². The Hall–Kier alpha value is -3.34. The molecule has 0 fully saturated rings. The molecule has 190 valence electrons. The van der Waals surface area contributed by atoms with E-state index in [-0.39, 0.29) is 11.4 Å². The SMILES string of the molecule is CC1=N/C(=C(/c2cc(N=[N+]=[N-])cc3ccccc23)c2c(C)c(S(C)=O)c(C)n2B(F)F)C(C)=C1S(C)=O. The summed E-state index contributed by atoms with van der Waals surface area (Å²) in [5.41, 5.74) is 12.6. The van der Waals surface area contributed by atoms with Gasteiger partial charge in [-0.3, -0.25) is 22.0 Å². The molecule has 2 aromatic carbocycles. The van der Waals surface area contributed by atoms with E-state index in [0.29, 0.717) is 49.2 Å². The minimum absolute atomic E-state index is 0.162. The van der Waals surface area contributed by atoms with E-state index in [0.717, 1.165) is 15.3 Å². The zero-order valence-corrected chi connectivity index (χ0v) is 22.8. The van der Waals surface area contributed by atoms with Crippen LogP contribution in [0.4, 0.5) is 14.3 Å². The number of fused-ring (bicyclic) bond motifs is 1. The van der Waals surface area contributed by atoms with Gasteiger partial charge >= 0.3 is 7.40 Å². The molecule has 7 nitrogen and oxygen atoms in total. The molecular weight excluding hydrogens is 515 g/mol. The van der Waals surface area contributed by atoms with Gasteiger partial charge in [0.2, 0.25) is 0 Å². The number of aliphatic imine (C=N–C) groups is 1. The lowest BCUT2D eigenvalue weighted by atomic mass is 9.90. The molecule has 4 rings (SSSR count). The quantitative estimate of drug-likeness (QED) is 0.153. The van der Waals surface area contributed by atoms with Crippen molar-refractivity contribution in [2.24, 2.45) is 10.1 Å². The van der Waals surface area contributed by atoms with Crippen molar-refractivity contribution in [1.29, 1.82) is 0 Å². The molecule has 2 unspecified atom stereocenters. The Morgan fingerprint density at radius 2 is 1.76 bits per heavy atom. The van der Waals surface area contributed by atoms with Crippen molar-refractivity contribution < 1.29 is 17.0 Å². The van der Waals surface area contributed by atoms with Gasteiger partial charge in [-0.05, 0) is 72.8 Å². The summed E-state index contributed by atoms with van der Waals surface area (Å²) < 4.78 is 55.5. The van der Waals surface area contributed by atoms with Crippen LogP contribution in [-0.2, 0) is 21.6 Å². The van der Waals surface area contributed by atoms with Gasteiger partial charge in [0.1, 0.15) is 0 Å². The van der Waals surface area contributed by atoms with Gasteiger partial charge in [-0.15, -0.1) is 0 Å². The summed E-state index contributed by atoms with van der Waals surface area (Å²) >= 11 is 0. The molecule has 0 saturated carbocycles. The van der Waals surface area contributed by atoms with E-state index < -0.39 is 29.0 Å². The number of nitrogens with zero attached hydrogens (tertiary/aromatic N) is 5. The van der Waals surface area contributed by atoms with Gasteiger partial charge < -0.3 is 4.48 Å². The van der Waals surface area contributed by atoms with Crippen molar-refractivity contribution in [2.75, 3.05) is 12.5 Å². The highest BCUT2D eigenvalue weighted by molar-refractivity contribution is 7.89. The van der Waals surface area contributed by atoms with Crippen LogP contribution in [0.3, 0.4) is 0 Å². The number of benzene rings is 2. The van der Waals surface area contributed by atoms with Crippen LogP contribution in [0.2, 0.25) is 0 Å². The number of hydrogen-bond acceptors (Lipinski definition) is 4. The third kappa shape index (κ3) is 4.49. The molecule has 0 radical (unpaired) electrons. The highest BCUT2D eigenvalue weighted by Gasteiger charge is 2.34. The summed E-state index contributed by atoms with van der Waals surface area (Å²) in [5.74, 6) is 0. The zero-order chi connectivity index (χ0) is 27.2. The van der Waals surface area contributed by atoms with Crippen LogP contribution in [0.1, 0.15) is 36.4 Å². The Bertz CT molecular complexity index is 1670. The molecule has 1 aromatic heterocycles. The number of allylic oxidation sites excluding steroid dienone is 2. The first-order valence-electron chi connectivity index (χ1n) is 11.3. The van der Waals surface area contributed by atoms with Crippen molar-refractivity contribution in [3.8, 4) is 0 Å². The second kappa shape index (κ2) is 10.2. The highest BCUT2D eigenvalue weighted by Crippen LogP contribution is 2.44. The first-order chi connectivity index (χ1) is 17.5. The third-order valence-electron chi connectivity index (χ3n) is 6.45. The number of rotatable bonds is 6. The molecule has 0 spiro atoms. The molecule has 2 heterocycles. The van der Waals surface area contributed by atoms with E-state index in [9.17, 15) is 17.0 Å². The fourth-order valence-electron chi connectivity index (χ4n) is 5.14. The minimum Gasteiger partial charge on any atom is -0.328 e. The van der Waals surface area contributed by atoms with Crippen LogP contribution in [0.25, 0.3) is 26.8 Å². The Labute approximate surface area is 218 Å². The van der Waals surface area contributed by atoms with Gasteiger partial charge in [0.05, 0.1) is 42.8 Å². The summed E-state index contributed by atoms with van der Waals surface area (Å²) in [5, 5.41) is 5.25. The number of hydrogen-bond donors (Lipinski definition) is 0. The Balaban J connectivity index is 2.31. The average Bonchev–Trinajstić information content (AvgIpc) is 3.26. The van der Waals surface area contributed by atoms with Gasteiger partial charge in [0.25, 0.3) is 0 Å². The number of halogens is 2. The van der Waals surface area contributed by atoms with Crippen molar-refractivity contribution in [3.63, 3.8) is 0 Å². The van der Waals surface area contributed by atoms with Crippen LogP contribution < -0.4 is 0 Å². The first kappa shape index (κ1) is 26.7. The normalized spacial score (nSPS) is 16.5. The molecule has 0 bridgehead atoms. The van der Waals surface area contributed by atoms with Crippen LogP contribution in [-0.4, -0.2) is 38.5 Å². The van der Waals surface area contributed by atoms with Gasteiger partial charge in [0.15, 0.2) is 0 Å². The van der Waals surface area contributed by atoms with Crippen molar-refractivity contribution >= 4 is 56.7 Å². The smallest absolute Gasteiger partial charge is 0.328 e. The number of azide groups is 1. The maximum atomic E-state index is 14.7. The largest absolute Gasteiger partial charge is 0.677 e. The zero-order valence-electron chi connectivity index (χ0n) is 21.2. The van der Waals surface area contributed by atoms with E-state index in [1.165, 1.54) is 13.2 Å². The first-order valence-corrected chi connectivity index (χ1v) is 14.4. The van der Waals surface area contributed by atoms with E-state index in [4.69, 9.17) is 10.5 Å². The average molecular weight is 539 g/mol. The molecular formula is C25H24BF2N5O2S2. The molecule has 0 N–H and O–H groups in total. The Kier molecular flexibility index (Phi) is 7.37. The highest BCUT2D eigenvalue weighted by atomic mass is 32.2. The predicted molar refractivity (Wildman–Crippen MR) is 148 cm³/mol. The van der Waals surface area contributed by atoms with E-state index in [1.807, 2.05) is 24.3 Å². The molecule has 2 atom stereocenters. The second-order valence-electron chi connectivity index (χ2n) is 8.72. The van der Waals surface area contributed by atoms with Gasteiger partial charge in [0, 0.05) is 40.1 Å². The maximum Gasteiger partial charge on any atom is 0.677 e. The molecule has 0 aliphatic carbocycles. The lowest BCUT2D eigenvalue weighted by Crippen LogP contribution is -2.18. The summed E-state index contributed by atoms with van der Waals surface area (Å²) in [4.78, 5) is 8.50. The second-order valence-corrected chi connectivity index (χ2v) is 11.4. The molecule has 0 saturated heterocycles. The van der Waals surface area contributed by atoms with Crippen molar-refractivity contribution in [1.82, 2.24) is 4.48 Å². The van der Waals surface area contributed by atoms with E-state index >= 15 is 0 Å². The lowest BCUT2D eigenvalue weighted by molar-refractivity contribution is 0.623. The molecule has 37 heavy (non-hydrogen) atoms. The monoisotopic (exact) mass is 539 g/mol. The lowest BCUT2D eigenvalue weighted by Gasteiger charge is -2.19. The van der Waals surface area contributed by atoms with E-state index in [2.05, 4.69) is 10.0 Å². The molecule has 1 aliphatic heterocycles. The van der Waals surface area contributed by atoms with Gasteiger partial charge in [-0.25, -0.2) is 0 Å².